The van der Waals surface area contributed by atoms with Crippen LogP contribution in [0.2, 0.25) is 0 Å². The number of nitrogens with one attached hydrogen (secondary N) is 1. The number of Topliss-reactive ketones (excluding diaryl/α,β-unsaturated/α-hetero) is 1. The summed E-state index contributed by atoms with van der Waals surface area (Å²) in [6.07, 6.45) is 5.28. The number of hydrogen-bond acceptors (Lipinski definition) is 7. The fraction of sp³-hybridized carbons (Fsp3) is 0.536. The van der Waals surface area contributed by atoms with Gasteiger partial charge in [0.15, 0.2) is 5.78 Å². The molecule has 1 amide bonds. The SMILES string of the molecule is C[C@H]1C/C=C/[C@H]2C3O[C@]3(C)[C@@H](C)[C@H]3[C@H](Cc4ccccc4)NC(=O)[C@]32OC(=O)O/C=C/[C@@](C)(O)C1=O. The molecule has 3 heterocycles. The van der Waals surface area contributed by atoms with Crippen LogP contribution in [-0.4, -0.2) is 51.9 Å². The number of rotatable bonds is 2. The third-order valence-electron chi connectivity index (χ3n) is 8.64. The van der Waals surface area contributed by atoms with Crippen molar-refractivity contribution in [2.45, 2.75) is 69.5 Å². The van der Waals surface area contributed by atoms with Crippen LogP contribution in [0.1, 0.15) is 39.7 Å². The average molecular weight is 496 g/mol. The quantitative estimate of drug-likeness (QED) is 0.368. The summed E-state index contributed by atoms with van der Waals surface area (Å²) < 4.78 is 17.3. The maximum atomic E-state index is 13.8. The molecule has 192 valence electrons. The Morgan fingerprint density at radius 1 is 1.11 bits per heavy atom. The summed E-state index contributed by atoms with van der Waals surface area (Å²) in [5, 5.41) is 13.7. The van der Waals surface area contributed by atoms with Gasteiger partial charge < -0.3 is 24.6 Å². The number of fused-ring (bicyclic) bond motifs is 2. The van der Waals surface area contributed by atoms with Gasteiger partial charge in [0.25, 0.3) is 5.91 Å². The smallest absolute Gasteiger partial charge is 0.416 e. The van der Waals surface area contributed by atoms with Crippen molar-refractivity contribution in [1.29, 1.82) is 0 Å². The number of cyclic esters (lactones) is 1. The molecule has 0 bridgehead atoms. The van der Waals surface area contributed by atoms with Crippen molar-refractivity contribution in [3.63, 3.8) is 0 Å². The van der Waals surface area contributed by atoms with E-state index >= 15 is 0 Å². The summed E-state index contributed by atoms with van der Waals surface area (Å²) in [5.41, 5.74) is -2.76. The molecule has 1 aromatic rings. The van der Waals surface area contributed by atoms with Gasteiger partial charge in [-0.05, 0) is 44.2 Å². The van der Waals surface area contributed by atoms with Crippen LogP contribution in [-0.2, 0) is 30.2 Å². The topological polar surface area (TPSA) is 114 Å². The van der Waals surface area contributed by atoms with Gasteiger partial charge in [0.05, 0.1) is 23.9 Å². The Balaban J connectivity index is 1.58. The monoisotopic (exact) mass is 495 g/mol. The van der Waals surface area contributed by atoms with Crippen LogP contribution in [0.15, 0.2) is 54.8 Å². The van der Waals surface area contributed by atoms with E-state index in [4.69, 9.17) is 14.2 Å². The van der Waals surface area contributed by atoms with Gasteiger partial charge in [-0.1, -0.05) is 56.3 Å². The van der Waals surface area contributed by atoms with Crippen molar-refractivity contribution in [2.75, 3.05) is 0 Å². The molecule has 36 heavy (non-hydrogen) atoms. The highest BCUT2D eigenvalue weighted by molar-refractivity contribution is 5.92. The Kier molecular flexibility index (Phi) is 5.87. The standard InChI is InChI=1S/C28H33NO7/c1-16-9-8-12-19-23-27(4,35-23)17(2)21-20(15-18-10-6-5-7-11-18)29-24(31)28(19,21)36-25(32)34-14-13-26(3,33)22(16)30/h5-8,10-14,16-17,19-21,23,33H,9,15H2,1-4H3,(H,29,31)/b12-8+,14-13+/t16-,17-,19-,20-,21-,23?,26+,27+,28+/m0/s1. The minimum Gasteiger partial charge on any atom is -0.416 e. The number of ketones is 1. The Bertz CT molecular complexity index is 1130. The van der Waals surface area contributed by atoms with E-state index in [1.165, 1.54) is 6.92 Å². The highest BCUT2D eigenvalue weighted by atomic mass is 16.7. The first-order valence-electron chi connectivity index (χ1n) is 12.5. The van der Waals surface area contributed by atoms with E-state index in [1.54, 1.807) is 6.92 Å². The normalized spacial score (nSPS) is 45.8. The van der Waals surface area contributed by atoms with Gasteiger partial charge >= 0.3 is 6.16 Å². The number of carbonyl (C=O) groups is 3. The molecule has 0 aromatic heterocycles. The molecule has 8 nitrogen and oxygen atoms in total. The number of allylic oxidation sites excluding steroid dienone is 1. The van der Waals surface area contributed by atoms with E-state index in [-0.39, 0.29) is 29.9 Å². The number of aliphatic hydroxyl groups is 1. The van der Waals surface area contributed by atoms with E-state index in [9.17, 15) is 19.5 Å². The van der Waals surface area contributed by atoms with Gasteiger partial charge in [-0.15, -0.1) is 0 Å². The van der Waals surface area contributed by atoms with Crippen LogP contribution >= 0.6 is 0 Å². The zero-order chi connectivity index (χ0) is 25.9. The molecule has 3 fully saturated rings. The number of carbonyl (C=O) groups excluding carboxylic acids is 3. The van der Waals surface area contributed by atoms with Gasteiger partial charge in [-0.3, -0.25) is 9.59 Å². The lowest BCUT2D eigenvalue weighted by Crippen LogP contribution is -2.61. The fourth-order valence-electron chi connectivity index (χ4n) is 6.51. The maximum absolute atomic E-state index is 13.8. The molecule has 2 N–H and O–H groups in total. The predicted octanol–water partition coefficient (Wildman–Crippen LogP) is 3.09. The van der Waals surface area contributed by atoms with Crippen molar-refractivity contribution >= 4 is 17.8 Å². The molecule has 0 radical (unpaired) electrons. The second-order valence-electron chi connectivity index (χ2n) is 11.0. The molecule has 8 heteroatoms. The number of ether oxygens (including phenoxy) is 3. The molecule has 2 saturated heterocycles. The third-order valence-corrected chi connectivity index (χ3v) is 8.64. The van der Waals surface area contributed by atoms with Crippen LogP contribution in [0.4, 0.5) is 4.79 Å². The van der Waals surface area contributed by atoms with Crippen LogP contribution in [0.3, 0.4) is 0 Å². The van der Waals surface area contributed by atoms with Crippen LogP contribution < -0.4 is 5.32 Å². The Labute approximate surface area is 210 Å². The molecule has 4 aliphatic rings. The summed E-state index contributed by atoms with van der Waals surface area (Å²) in [6.45, 7) is 7.15. The highest BCUT2D eigenvalue weighted by Crippen LogP contribution is 2.63. The summed E-state index contributed by atoms with van der Waals surface area (Å²) in [5.74, 6) is -2.32. The molecule has 1 aromatic carbocycles. The first kappa shape index (κ1) is 24.7. The molecule has 3 aliphatic heterocycles. The Morgan fingerprint density at radius 2 is 1.83 bits per heavy atom. The average Bonchev–Trinajstić information content (AvgIpc) is 3.45. The number of benzene rings is 1. The lowest BCUT2D eigenvalue weighted by molar-refractivity contribution is -0.153. The van der Waals surface area contributed by atoms with Crippen molar-refractivity contribution < 1.29 is 33.7 Å². The van der Waals surface area contributed by atoms with Crippen LogP contribution in [0.5, 0.6) is 0 Å². The van der Waals surface area contributed by atoms with Gasteiger partial charge in [0.1, 0.15) is 5.60 Å². The summed E-state index contributed by atoms with van der Waals surface area (Å²) >= 11 is 0. The van der Waals surface area contributed by atoms with Crippen molar-refractivity contribution in [1.82, 2.24) is 5.32 Å². The van der Waals surface area contributed by atoms with Gasteiger partial charge in [0, 0.05) is 17.9 Å². The van der Waals surface area contributed by atoms with E-state index < -0.39 is 40.6 Å². The molecule has 9 atom stereocenters. The van der Waals surface area contributed by atoms with Crippen LogP contribution in [0, 0.1) is 23.7 Å². The first-order chi connectivity index (χ1) is 17.0. The van der Waals surface area contributed by atoms with E-state index in [0.29, 0.717) is 12.8 Å². The molecular formula is C28H33NO7. The van der Waals surface area contributed by atoms with Crippen molar-refractivity contribution in [3.05, 3.63) is 60.4 Å². The maximum Gasteiger partial charge on any atom is 0.514 e. The van der Waals surface area contributed by atoms with Crippen molar-refractivity contribution in [3.8, 4) is 0 Å². The van der Waals surface area contributed by atoms with Gasteiger partial charge in [0.2, 0.25) is 5.60 Å². The van der Waals surface area contributed by atoms with Gasteiger partial charge in [-0.25, -0.2) is 4.79 Å². The number of epoxide rings is 1. The lowest BCUT2D eigenvalue weighted by atomic mass is 9.59. The fourth-order valence-corrected chi connectivity index (χ4v) is 6.51. The number of amides is 1. The third kappa shape index (κ3) is 3.78. The zero-order valence-corrected chi connectivity index (χ0v) is 21.0. The van der Waals surface area contributed by atoms with E-state index in [0.717, 1.165) is 17.9 Å². The predicted molar refractivity (Wildman–Crippen MR) is 129 cm³/mol. The molecule has 1 unspecified atom stereocenters. The first-order valence-corrected chi connectivity index (χ1v) is 12.5. The van der Waals surface area contributed by atoms with Crippen molar-refractivity contribution in [2.24, 2.45) is 23.7 Å². The molecule has 1 aliphatic carbocycles. The molecule has 1 spiro atoms. The molecular weight excluding hydrogens is 462 g/mol. The highest BCUT2D eigenvalue weighted by Gasteiger charge is 2.78. The second kappa shape index (κ2) is 8.56. The zero-order valence-electron chi connectivity index (χ0n) is 21.0. The van der Waals surface area contributed by atoms with E-state index in [1.807, 2.05) is 56.3 Å². The summed E-state index contributed by atoms with van der Waals surface area (Å²) in [4.78, 5) is 39.5. The van der Waals surface area contributed by atoms with Crippen LogP contribution in [0.25, 0.3) is 0 Å². The van der Waals surface area contributed by atoms with Gasteiger partial charge in [-0.2, -0.15) is 0 Å². The Hall–Kier alpha value is -2.97. The molecule has 5 rings (SSSR count). The largest absolute Gasteiger partial charge is 0.514 e. The number of hydrogen-bond donors (Lipinski definition) is 2. The Morgan fingerprint density at radius 3 is 2.56 bits per heavy atom. The summed E-state index contributed by atoms with van der Waals surface area (Å²) in [6, 6.07) is 9.58. The lowest BCUT2D eigenvalue weighted by Gasteiger charge is -2.45. The minimum absolute atomic E-state index is 0.0972. The van der Waals surface area contributed by atoms with E-state index in [2.05, 4.69) is 5.32 Å². The molecule has 1 saturated carbocycles. The summed E-state index contributed by atoms with van der Waals surface area (Å²) in [7, 11) is 0. The minimum atomic E-state index is -1.81. The second-order valence-corrected chi connectivity index (χ2v) is 11.0.